The fraction of sp³-hybridized carbons (Fsp3) is 0.500. The van der Waals surface area contributed by atoms with Crippen LogP contribution in [0.25, 0.3) is 0 Å². The molecule has 0 saturated carbocycles. The lowest BCUT2D eigenvalue weighted by molar-refractivity contribution is 0.0689. The number of carboxylic acids is 1. The quantitative estimate of drug-likeness (QED) is 0.737. The first kappa shape index (κ1) is 10.8. The molecule has 86 valence electrons. The van der Waals surface area contributed by atoms with Gasteiger partial charge in [0.1, 0.15) is 0 Å². The number of piperidine rings is 1. The van der Waals surface area contributed by atoms with Crippen LogP contribution >= 0.6 is 0 Å². The van der Waals surface area contributed by atoms with Crippen molar-refractivity contribution in [1.29, 1.82) is 0 Å². The Morgan fingerprint density at radius 2 is 2.31 bits per heavy atom. The van der Waals surface area contributed by atoms with E-state index in [2.05, 4.69) is 10.2 Å². The SMILES string of the molecule is N[C@@H]1CCCN(c2ccc(C(=O)O)nn2)C1. The number of aromatic carboxylic acids is 1. The maximum Gasteiger partial charge on any atom is 0.356 e. The van der Waals surface area contributed by atoms with E-state index in [0.29, 0.717) is 5.82 Å². The molecule has 3 N–H and O–H groups in total. The molecule has 1 aliphatic heterocycles. The minimum Gasteiger partial charge on any atom is -0.476 e. The molecule has 6 nitrogen and oxygen atoms in total. The number of hydrogen-bond donors (Lipinski definition) is 2. The van der Waals surface area contributed by atoms with Gasteiger partial charge < -0.3 is 15.7 Å². The number of rotatable bonds is 2. The summed E-state index contributed by atoms with van der Waals surface area (Å²) in [5.41, 5.74) is 5.82. The van der Waals surface area contributed by atoms with E-state index in [1.165, 1.54) is 6.07 Å². The van der Waals surface area contributed by atoms with Crippen molar-refractivity contribution >= 4 is 11.8 Å². The van der Waals surface area contributed by atoms with Crippen LogP contribution in [0.4, 0.5) is 5.82 Å². The summed E-state index contributed by atoms with van der Waals surface area (Å²) < 4.78 is 0. The maximum absolute atomic E-state index is 10.6. The molecule has 6 heteroatoms. The summed E-state index contributed by atoms with van der Waals surface area (Å²) in [6, 6.07) is 3.30. The van der Waals surface area contributed by atoms with E-state index in [4.69, 9.17) is 10.8 Å². The molecule has 0 amide bonds. The zero-order valence-corrected chi connectivity index (χ0v) is 8.83. The van der Waals surface area contributed by atoms with E-state index >= 15 is 0 Å². The lowest BCUT2D eigenvalue weighted by Gasteiger charge is -2.31. The lowest BCUT2D eigenvalue weighted by Crippen LogP contribution is -2.43. The van der Waals surface area contributed by atoms with Crippen molar-refractivity contribution in [3.8, 4) is 0 Å². The highest BCUT2D eigenvalue weighted by atomic mass is 16.4. The van der Waals surface area contributed by atoms with Crippen LogP contribution in [0.2, 0.25) is 0 Å². The monoisotopic (exact) mass is 222 g/mol. The van der Waals surface area contributed by atoms with Crippen molar-refractivity contribution in [3.05, 3.63) is 17.8 Å². The van der Waals surface area contributed by atoms with Gasteiger partial charge in [-0.3, -0.25) is 0 Å². The molecule has 2 rings (SSSR count). The van der Waals surface area contributed by atoms with Gasteiger partial charge in [-0.15, -0.1) is 10.2 Å². The smallest absolute Gasteiger partial charge is 0.356 e. The third-order valence-electron chi connectivity index (χ3n) is 2.65. The number of hydrogen-bond acceptors (Lipinski definition) is 5. The Hall–Kier alpha value is -1.69. The predicted molar refractivity (Wildman–Crippen MR) is 58.4 cm³/mol. The van der Waals surface area contributed by atoms with Crippen LogP contribution in [0.1, 0.15) is 23.3 Å². The first-order valence-electron chi connectivity index (χ1n) is 5.24. The molecule has 0 radical (unpaired) electrons. The number of nitrogens with two attached hydrogens (primary N) is 1. The molecule has 0 aromatic carbocycles. The summed E-state index contributed by atoms with van der Waals surface area (Å²) >= 11 is 0. The summed E-state index contributed by atoms with van der Waals surface area (Å²) in [4.78, 5) is 12.6. The Bertz CT molecular complexity index is 379. The summed E-state index contributed by atoms with van der Waals surface area (Å²) in [6.07, 6.45) is 2.06. The predicted octanol–water partition coefficient (Wildman–Crippen LogP) is 0.102. The molecule has 0 unspecified atom stereocenters. The summed E-state index contributed by atoms with van der Waals surface area (Å²) in [6.45, 7) is 1.65. The van der Waals surface area contributed by atoms with Gasteiger partial charge in [0.2, 0.25) is 0 Å². The third kappa shape index (κ3) is 2.27. The van der Waals surface area contributed by atoms with E-state index in [1.54, 1.807) is 6.07 Å². The summed E-state index contributed by atoms with van der Waals surface area (Å²) in [5.74, 6) is -0.366. The molecule has 1 aromatic rings. The Balaban J connectivity index is 2.11. The van der Waals surface area contributed by atoms with E-state index in [1.807, 2.05) is 4.90 Å². The highest BCUT2D eigenvalue weighted by Crippen LogP contribution is 2.16. The fourth-order valence-electron chi connectivity index (χ4n) is 1.83. The maximum atomic E-state index is 10.6. The fourth-order valence-corrected chi connectivity index (χ4v) is 1.83. The molecule has 1 saturated heterocycles. The molecule has 0 bridgehead atoms. The van der Waals surface area contributed by atoms with Crippen LogP contribution in [0.3, 0.4) is 0 Å². The van der Waals surface area contributed by atoms with Gasteiger partial charge >= 0.3 is 5.97 Å². The van der Waals surface area contributed by atoms with Crippen molar-refractivity contribution < 1.29 is 9.90 Å². The highest BCUT2D eigenvalue weighted by molar-refractivity contribution is 5.85. The van der Waals surface area contributed by atoms with Crippen LogP contribution in [0.5, 0.6) is 0 Å². The van der Waals surface area contributed by atoms with Crippen molar-refractivity contribution in [2.45, 2.75) is 18.9 Å². The van der Waals surface area contributed by atoms with Crippen molar-refractivity contribution in [2.24, 2.45) is 5.73 Å². The molecule has 1 aromatic heterocycles. The van der Waals surface area contributed by atoms with Gasteiger partial charge in [-0.05, 0) is 25.0 Å². The average molecular weight is 222 g/mol. The second-order valence-electron chi connectivity index (χ2n) is 3.93. The Kier molecular flexibility index (Phi) is 3.00. The van der Waals surface area contributed by atoms with Crippen molar-refractivity contribution in [3.63, 3.8) is 0 Å². The van der Waals surface area contributed by atoms with Gasteiger partial charge in [-0.25, -0.2) is 4.79 Å². The van der Waals surface area contributed by atoms with E-state index in [-0.39, 0.29) is 11.7 Å². The normalized spacial score (nSPS) is 20.8. The molecule has 16 heavy (non-hydrogen) atoms. The molecular weight excluding hydrogens is 208 g/mol. The number of nitrogens with zero attached hydrogens (tertiary/aromatic N) is 3. The molecular formula is C10H14N4O2. The van der Waals surface area contributed by atoms with E-state index in [0.717, 1.165) is 25.9 Å². The average Bonchev–Trinajstić information content (AvgIpc) is 2.29. The van der Waals surface area contributed by atoms with Crippen LogP contribution < -0.4 is 10.6 Å². The molecule has 1 fully saturated rings. The van der Waals surface area contributed by atoms with Gasteiger partial charge in [-0.1, -0.05) is 0 Å². The van der Waals surface area contributed by atoms with Crippen molar-refractivity contribution in [1.82, 2.24) is 10.2 Å². The second-order valence-corrected chi connectivity index (χ2v) is 3.93. The van der Waals surface area contributed by atoms with Crippen molar-refractivity contribution in [2.75, 3.05) is 18.0 Å². The second kappa shape index (κ2) is 4.44. The summed E-state index contributed by atoms with van der Waals surface area (Å²) in [5, 5.41) is 16.2. The first-order chi connectivity index (χ1) is 7.66. The highest BCUT2D eigenvalue weighted by Gasteiger charge is 2.18. The Morgan fingerprint density at radius 1 is 1.50 bits per heavy atom. The number of anilines is 1. The van der Waals surface area contributed by atoms with E-state index in [9.17, 15) is 4.79 Å². The third-order valence-corrected chi connectivity index (χ3v) is 2.65. The standard InChI is InChI=1S/C10H14N4O2/c11-7-2-1-5-14(6-7)9-4-3-8(10(15)16)12-13-9/h3-4,7H,1-2,5-6,11H2,(H,15,16)/t7-/m1/s1. The van der Waals surface area contributed by atoms with Gasteiger partial charge in [0.05, 0.1) is 0 Å². The van der Waals surface area contributed by atoms with Gasteiger partial charge in [0.25, 0.3) is 0 Å². The molecule has 0 aliphatic carbocycles. The van der Waals surface area contributed by atoms with E-state index < -0.39 is 5.97 Å². The van der Waals surface area contributed by atoms with Crippen LogP contribution in [0.15, 0.2) is 12.1 Å². The molecule has 1 aliphatic rings. The zero-order valence-electron chi connectivity index (χ0n) is 8.83. The van der Waals surface area contributed by atoms with Crippen LogP contribution in [-0.4, -0.2) is 40.4 Å². The molecule has 1 atom stereocenters. The van der Waals surface area contributed by atoms with Gasteiger partial charge in [0.15, 0.2) is 11.5 Å². The first-order valence-corrected chi connectivity index (χ1v) is 5.24. The van der Waals surface area contributed by atoms with Gasteiger partial charge in [0, 0.05) is 19.1 Å². The Labute approximate surface area is 93.1 Å². The van der Waals surface area contributed by atoms with Crippen LogP contribution in [-0.2, 0) is 0 Å². The lowest BCUT2D eigenvalue weighted by atomic mass is 10.1. The van der Waals surface area contributed by atoms with Crippen LogP contribution in [0, 0.1) is 0 Å². The van der Waals surface area contributed by atoms with Gasteiger partial charge in [-0.2, -0.15) is 0 Å². The minimum absolute atomic E-state index is 0.0370. The Morgan fingerprint density at radius 3 is 2.88 bits per heavy atom. The summed E-state index contributed by atoms with van der Waals surface area (Å²) in [7, 11) is 0. The number of aromatic nitrogens is 2. The number of carboxylic acid groups (broad SMARTS) is 1. The zero-order chi connectivity index (χ0) is 11.5. The number of carbonyl (C=O) groups is 1. The minimum atomic E-state index is -1.06. The topological polar surface area (TPSA) is 92.3 Å². The largest absolute Gasteiger partial charge is 0.476 e. The molecule has 0 spiro atoms. The molecule has 2 heterocycles.